The Kier molecular flexibility index (Phi) is 3.95. The minimum Gasteiger partial charge on any atom is -0.465 e. The van der Waals surface area contributed by atoms with Crippen molar-refractivity contribution in [1.29, 1.82) is 0 Å². The summed E-state index contributed by atoms with van der Waals surface area (Å²) in [5.41, 5.74) is 7.83. The molecule has 0 bridgehead atoms. The average molecular weight is 264 g/mol. The lowest BCUT2D eigenvalue weighted by Gasteiger charge is -2.36. The first-order valence-corrected chi connectivity index (χ1v) is 6.43. The van der Waals surface area contributed by atoms with Crippen molar-refractivity contribution in [3.63, 3.8) is 0 Å². The molecule has 1 aliphatic heterocycles. The number of hydrogen-bond acceptors (Lipinski definition) is 5. The summed E-state index contributed by atoms with van der Waals surface area (Å²) < 4.78 is 4.66. The predicted molar refractivity (Wildman–Crippen MR) is 74.2 cm³/mol. The predicted octanol–water partition coefficient (Wildman–Crippen LogP) is 1.26. The van der Waals surface area contributed by atoms with Gasteiger partial charge in [0.15, 0.2) is 0 Å². The van der Waals surface area contributed by atoms with Crippen LogP contribution in [-0.2, 0) is 4.74 Å². The molecule has 0 aromatic heterocycles. The van der Waals surface area contributed by atoms with E-state index in [0.717, 1.165) is 18.7 Å². The van der Waals surface area contributed by atoms with E-state index in [2.05, 4.69) is 9.64 Å². The van der Waals surface area contributed by atoms with Crippen molar-refractivity contribution < 1.29 is 14.6 Å². The molecule has 1 fully saturated rings. The molecule has 1 heterocycles. The van der Waals surface area contributed by atoms with Crippen LogP contribution < -0.4 is 10.6 Å². The molecule has 0 amide bonds. The number of aliphatic hydroxyl groups excluding tert-OH is 1. The van der Waals surface area contributed by atoms with Crippen LogP contribution in [0.2, 0.25) is 0 Å². The van der Waals surface area contributed by atoms with Crippen molar-refractivity contribution in [3.8, 4) is 0 Å². The number of anilines is 2. The van der Waals surface area contributed by atoms with Gasteiger partial charge in [0, 0.05) is 13.1 Å². The number of esters is 1. The van der Waals surface area contributed by atoms with Gasteiger partial charge in [-0.1, -0.05) is 6.92 Å². The van der Waals surface area contributed by atoms with E-state index in [0.29, 0.717) is 23.7 Å². The molecule has 1 saturated heterocycles. The molecule has 1 aliphatic rings. The Morgan fingerprint density at radius 1 is 1.53 bits per heavy atom. The van der Waals surface area contributed by atoms with Gasteiger partial charge in [-0.3, -0.25) is 0 Å². The van der Waals surface area contributed by atoms with Crippen molar-refractivity contribution >= 4 is 17.3 Å². The van der Waals surface area contributed by atoms with Crippen LogP contribution in [0.25, 0.3) is 0 Å². The fraction of sp³-hybridized carbons (Fsp3) is 0.500. The molecule has 3 N–H and O–H groups in total. The summed E-state index contributed by atoms with van der Waals surface area (Å²) in [7, 11) is 1.34. The number of β-amino-alcohol motifs (C(OH)–C–C–N with tert-alkyl or cyclic N) is 1. The zero-order chi connectivity index (χ0) is 14.0. The Morgan fingerprint density at radius 2 is 2.26 bits per heavy atom. The first kappa shape index (κ1) is 13.7. The second-order valence-corrected chi connectivity index (χ2v) is 5.04. The number of carbonyl (C=O) groups excluding carboxylic acids is 1. The van der Waals surface area contributed by atoms with Crippen LogP contribution in [0, 0.1) is 5.92 Å². The minimum absolute atomic E-state index is 0.312. The van der Waals surface area contributed by atoms with Gasteiger partial charge in [-0.25, -0.2) is 4.79 Å². The summed E-state index contributed by atoms with van der Waals surface area (Å²) in [4.78, 5) is 13.5. The van der Waals surface area contributed by atoms with Gasteiger partial charge >= 0.3 is 5.97 Å². The Labute approximate surface area is 113 Å². The van der Waals surface area contributed by atoms with Crippen LogP contribution in [0.4, 0.5) is 11.4 Å². The standard InChI is InChI=1S/C14H20N2O3/c1-9-5-6-16(8-13(9)17)12-4-3-10(7-11(12)15)14(18)19-2/h3-4,7,9,13,17H,5-6,8,15H2,1-2H3. The fourth-order valence-corrected chi connectivity index (χ4v) is 2.36. The van der Waals surface area contributed by atoms with Gasteiger partial charge in [-0.2, -0.15) is 0 Å². The first-order valence-electron chi connectivity index (χ1n) is 6.43. The molecule has 104 valence electrons. The number of hydrogen-bond donors (Lipinski definition) is 2. The highest BCUT2D eigenvalue weighted by molar-refractivity contribution is 5.92. The maximum atomic E-state index is 11.4. The topological polar surface area (TPSA) is 75.8 Å². The van der Waals surface area contributed by atoms with Gasteiger partial charge in [-0.05, 0) is 30.5 Å². The van der Waals surface area contributed by atoms with Crippen LogP contribution in [0.15, 0.2) is 18.2 Å². The van der Waals surface area contributed by atoms with Gasteiger partial charge in [0.2, 0.25) is 0 Å². The molecule has 2 rings (SSSR count). The molecule has 0 spiro atoms. The van der Waals surface area contributed by atoms with E-state index in [-0.39, 0.29) is 6.10 Å². The molecule has 5 nitrogen and oxygen atoms in total. The maximum absolute atomic E-state index is 11.4. The summed E-state index contributed by atoms with van der Waals surface area (Å²) in [6.45, 7) is 3.48. The number of ether oxygens (including phenoxy) is 1. The van der Waals surface area contributed by atoms with Crippen LogP contribution in [-0.4, -0.2) is 37.4 Å². The molecule has 0 aliphatic carbocycles. The number of aliphatic hydroxyl groups is 1. The highest BCUT2D eigenvalue weighted by atomic mass is 16.5. The molecule has 1 aromatic carbocycles. The summed E-state index contributed by atoms with van der Waals surface area (Å²) >= 11 is 0. The lowest BCUT2D eigenvalue weighted by Crippen LogP contribution is -2.43. The van der Waals surface area contributed by atoms with E-state index < -0.39 is 5.97 Å². The summed E-state index contributed by atoms with van der Waals surface area (Å²) in [6, 6.07) is 5.12. The van der Waals surface area contributed by atoms with Crippen molar-refractivity contribution in [2.45, 2.75) is 19.4 Å². The quantitative estimate of drug-likeness (QED) is 0.621. The smallest absolute Gasteiger partial charge is 0.337 e. The summed E-state index contributed by atoms with van der Waals surface area (Å²) in [6.07, 6.45) is 0.591. The molecule has 19 heavy (non-hydrogen) atoms. The highest BCUT2D eigenvalue weighted by Gasteiger charge is 2.25. The number of carbonyl (C=O) groups is 1. The third-order valence-corrected chi connectivity index (χ3v) is 3.71. The Morgan fingerprint density at radius 3 is 2.84 bits per heavy atom. The van der Waals surface area contributed by atoms with E-state index >= 15 is 0 Å². The Hall–Kier alpha value is -1.75. The molecule has 0 saturated carbocycles. The lowest BCUT2D eigenvalue weighted by molar-refractivity contribution is 0.0600. The zero-order valence-electron chi connectivity index (χ0n) is 11.3. The van der Waals surface area contributed by atoms with Crippen molar-refractivity contribution in [2.75, 3.05) is 30.8 Å². The minimum atomic E-state index is -0.398. The Balaban J connectivity index is 2.19. The number of nitrogens with zero attached hydrogens (tertiary/aromatic N) is 1. The van der Waals surface area contributed by atoms with Crippen molar-refractivity contribution in [3.05, 3.63) is 23.8 Å². The van der Waals surface area contributed by atoms with Gasteiger partial charge in [-0.15, -0.1) is 0 Å². The van der Waals surface area contributed by atoms with E-state index in [9.17, 15) is 9.90 Å². The van der Waals surface area contributed by atoms with Crippen LogP contribution in [0.3, 0.4) is 0 Å². The second kappa shape index (κ2) is 5.48. The van der Waals surface area contributed by atoms with Gasteiger partial charge in [0.05, 0.1) is 30.2 Å². The molecular weight excluding hydrogens is 244 g/mol. The van der Waals surface area contributed by atoms with Crippen LogP contribution in [0.5, 0.6) is 0 Å². The monoisotopic (exact) mass is 264 g/mol. The first-order chi connectivity index (χ1) is 9.02. The molecule has 1 aromatic rings. The van der Waals surface area contributed by atoms with Crippen LogP contribution >= 0.6 is 0 Å². The molecule has 2 atom stereocenters. The fourth-order valence-electron chi connectivity index (χ4n) is 2.36. The highest BCUT2D eigenvalue weighted by Crippen LogP contribution is 2.29. The van der Waals surface area contributed by atoms with E-state index in [1.54, 1.807) is 12.1 Å². The number of methoxy groups -OCH3 is 1. The van der Waals surface area contributed by atoms with E-state index in [1.807, 2.05) is 13.0 Å². The van der Waals surface area contributed by atoms with Gasteiger partial charge in [0.25, 0.3) is 0 Å². The summed E-state index contributed by atoms with van der Waals surface area (Å²) in [5.74, 6) is -0.0858. The zero-order valence-corrected chi connectivity index (χ0v) is 11.3. The summed E-state index contributed by atoms with van der Waals surface area (Å²) in [5, 5.41) is 9.92. The van der Waals surface area contributed by atoms with Crippen LogP contribution in [0.1, 0.15) is 23.7 Å². The lowest BCUT2D eigenvalue weighted by atomic mass is 9.95. The van der Waals surface area contributed by atoms with E-state index in [1.165, 1.54) is 7.11 Å². The third-order valence-electron chi connectivity index (χ3n) is 3.71. The maximum Gasteiger partial charge on any atom is 0.337 e. The third kappa shape index (κ3) is 2.81. The molecule has 2 unspecified atom stereocenters. The number of piperidine rings is 1. The van der Waals surface area contributed by atoms with Crippen molar-refractivity contribution in [1.82, 2.24) is 0 Å². The number of nitrogens with two attached hydrogens (primary N) is 1. The number of benzene rings is 1. The molecule has 0 radical (unpaired) electrons. The largest absolute Gasteiger partial charge is 0.465 e. The van der Waals surface area contributed by atoms with Crippen molar-refractivity contribution in [2.24, 2.45) is 5.92 Å². The second-order valence-electron chi connectivity index (χ2n) is 5.04. The van der Waals surface area contributed by atoms with E-state index in [4.69, 9.17) is 5.73 Å². The van der Waals surface area contributed by atoms with Gasteiger partial charge in [0.1, 0.15) is 0 Å². The molecular formula is C14H20N2O3. The number of rotatable bonds is 2. The Bertz CT molecular complexity index is 476. The normalized spacial score (nSPS) is 23.2. The average Bonchev–Trinajstić information content (AvgIpc) is 2.41. The molecule has 5 heteroatoms. The van der Waals surface area contributed by atoms with Gasteiger partial charge < -0.3 is 20.5 Å². The SMILES string of the molecule is COC(=O)c1ccc(N2CCC(C)C(O)C2)c(N)c1. The number of nitrogen functional groups attached to an aromatic ring is 1.